The monoisotopic (exact) mass is 361 g/mol. The van der Waals surface area contributed by atoms with Crippen LogP contribution in [-0.4, -0.2) is 78.9 Å². The maximum absolute atomic E-state index is 12.9. The van der Waals surface area contributed by atoms with Crippen molar-refractivity contribution >= 4 is 11.6 Å². The molecule has 0 aliphatic carbocycles. The summed E-state index contributed by atoms with van der Waals surface area (Å²) < 4.78 is 1.63. The van der Waals surface area contributed by atoms with E-state index in [1.165, 1.54) is 6.20 Å². The van der Waals surface area contributed by atoms with Gasteiger partial charge >= 0.3 is 0 Å². The number of aliphatic hydroxyl groups is 2. The van der Waals surface area contributed by atoms with Crippen LogP contribution >= 0.6 is 0 Å². The summed E-state index contributed by atoms with van der Waals surface area (Å²) in [6.07, 6.45) is 6.36. The zero-order chi connectivity index (χ0) is 18.7. The molecule has 0 aromatic carbocycles. The maximum Gasteiger partial charge on any atom is 0.259 e. The third kappa shape index (κ3) is 3.72. The van der Waals surface area contributed by atoms with E-state index in [1.807, 2.05) is 6.20 Å². The van der Waals surface area contributed by atoms with E-state index in [1.54, 1.807) is 15.6 Å². The van der Waals surface area contributed by atoms with E-state index in [9.17, 15) is 15.0 Å². The molecule has 0 radical (unpaired) electrons. The Morgan fingerprint density at radius 3 is 2.81 bits per heavy atom. The highest BCUT2D eigenvalue weighted by Gasteiger charge is 2.35. The first-order valence-electron chi connectivity index (χ1n) is 9.16. The van der Waals surface area contributed by atoms with E-state index in [2.05, 4.69) is 28.8 Å². The Labute approximate surface area is 153 Å². The van der Waals surface area contributed by atoms with Crippen LogP contribution in [0.1, 0.15) is 42.6 Å². The highest BCUT2D eigenvalue weighted by atomic mass is 16.3. The van der Waals surface area contributed by atoms with Gasteiger partial charge in [0.1, 0.15) is 11.2 Å². The number of likely N-dealkylation sites (tertiary alicyclic amines) is 1. The van der Waals surface area contributed by atoms with Gasteiger partial charge in [-0.2, -0.15) is 5.10 Å². The molecule has 1 aliphatic rings. The lowest BCUT2D eigenvalue weighted by molar-refractivity contribution is -0.0598. The first kappa shape index (κ1) is 18.8. The number of aromatic nitrogens is 3. The Kier molecular flexibility index (Phi) is 5.55. The van der Waals surface area contributed by atoms with Crippen LogP contribution in [0.25, 0.3) is 5.65 Å². The number of amides is 1. The normalized spacial score (nSPS) is 20.9. The molecule has 3 heterocycles. The van der Waals surface area contributed by atoms with Gasteiger partial charge in [-0.25, -0.2) is 9.50 Å². The van der Waals surface area contributed by atoms with E-state index in [4.69, 9.17) is 0 Å². The smallest absolute Gasteiger partial charge is 0.259 e. The number of piperidine rings is 1. The van der Waals surface area contributed by atoms with E-state index < -0.39 is 5.60 Å². The summed E-state index contributed by atoms with van der Waals surface area (Å²) in [6, 6.07) is 0. The number of aliphatic hydroxyl groups excluding tert-OH is 1. The summed E-state index contributed by atoms with van der Waals surface area (Å²) in [7, 11) is 0. The number of rotatable bonds is 6. The van der Waals surface area contributed by atoms with Gasteiger partial charge < -0.3 is 15.1 Å². The van der Waals surface area contributed by atoms with Gasteiger partial charge in [0.2, 0.25) is 0 Å². The third-order valence-electron chi connectivity index (χ3n) is 5.08. The Bertz CT molecular complexity index is 773. The Morgan fingerprint density at radius 1 is 1.35 bits per heavy atom. The average Bonchev–Trinajstić information content (AvgIpc) is 3.08. The number of fused-ring (bicyclic) bond motifs is 1. The molecule has 142 valence electrons. The second-order valence-electron chi connectivity index (χ2n) is 6.96. The van der Waals surface area contributed by atoms with E-state index in [0.717, 1.165) is 25.2 Å². The van der Waals surface area contributed by atoms with E-state index >= 15 is 0 Å². The van der Waals surface area contributed by atoms with Gasteiger partial charge in [0.05, 0.1) is 19.3 Å². The summed E-state index contributed by atoms with van der Waals surface area (Å²) in [6.45, 7) is 7.27. The fraction of sp³-hybridized carbons (Fsp3) is 0.611. The van der Waals surface area contributed by atoms with Crippen LogP contribution in [0, 0.1) is 0 Å². The number of hydrogen-bond donors (Lipinski definition) is 2. The third-order valence-corrected chi connectivity index (χ3v) is 5.08. The second-order valence-corrected chi connectivity index (χ2v) is 6.96. The highest BCUT2D eigenvalue weighted by Crippen LogP contribution is 2.23. The molecule has 26 heavy (non-hydrogen) atoms. The highest BCUT2D eigenvalue weighted by molar-refractivity contribution is 5.99. The predicted octanol–water partition coefficient (Wildman–Crippen LogP) is 0.531. The zero-order valence-corrected chi connectivity index (χ0v) is 15.4. The summed E-state index contributed by atoms with van der Waals surface area (Å²) in [5.74, 6) is -0.212. The lowest BCUT2D eigenvalue weighted by Crippen LogP contribution is -2.52. The Balaban J connectivity index is 1.81. The van der Waals surface area contributed by atoms with Gasteiger partial charge in [0.15, 0.2) is 5.65 Å². The summed E-state index contributed by atoms with van der Waals surface area (Å²) in [5, 5.41) is 24.0. The topological polar surface area (TPSA) is 94.2 Å². The zero-order valence-electron chi connectivity index (χ0n) is 15.4. The number of β-amino-alcohol motifs (C(OH)–C–C–N with tert-alkyl or cyclic N) is 1. The van der Waals surface area contributed by atoms with Gasteiger partial charge in [-0.05, 0) is 25.9 Å². The van der Waals surface area contributed by atoms with Crippen LogP contribution < -0.4 is 0 Å². The number of carbonyl (C=O) groups excluding carboxylic acids is 1. The lowest BCUT2D eigenvalue weighted by atomic mass is 9.93. The maximum atomic E-state index is 12.9. The number of carbonyl (C=O) groups is 1. The van der Waals surface area contributed by atoms with Gasteiger partial charge in [0.25, 0.3) is 5.91 Å². The molecule has 1 fully saturated rings. The van der Waals surface area contributed by atoms with E-state index in [-0.39, 0.29) is 19.1 Å². The van der Waals surface area contributed by atoms with Crippen LogP contribution in [-0.2, 0) is 6.54 Å². The SMILES string of the molecule is CCN(CC)Cc1cnc2c(C(=O)N3CCC[C@@](O)(CO)C3)cnn2c1. The Hall–Kier alpha value is -2.03. The molecular weight excluding hydrogens is 334 g/mol. The van der Waals surface area contributed by atoms with Crippen molar-refractivity contribution in [3.8, 4) is 0 Å². The minimum Gasteiger partial charge on any atom is -0.393 e. The molecular formula is C18H27N5O3. The molecule has 0 saturated carbocycles. The first-order valence-corrected chi connectivity index (χ1v) is 9.16. The van der Waals surface area contributed by atoms with Gasteiger partial charge in [0, 0.05) is 31.0 Å². The molecule has 8 heteroatoms. The molecule has 1 saturated heterocycles. The lowest BCUT2D eigenvalue weighted by Gasteiger charge is -2.37. The van der Waals surface area contributed by atoms with Crippen molar-refractivity contribution in [3.63, 3.8) is 0 Å². The first-order chi connectivity index (χ1) is 12.5. The van der Waals surface area contributed by atoms with Gasteiger partial charge in [-0.15, -0.1) is 0 Å². The van der Waals surface area contributed by atoms with Crippen molar-refractivity contribution in [1.29, 1.82) is 0 Å². The summed E-state index contributed by atoms with van der Waals surface area (Å²) in [5.41, 5.74) is 0.746. The van der Waals surface area contributed by atoms with Gasteiger partial charge in [-0.1, -0.05) is 13.8 Å². The molecule has 8 nitrogen and oxygen atoms in total. The molecule has 2 aromatic heterocycles. The Morgan fingerprint density at radius 2 is 2.12 bits per heavy atom. The van der Waals surface area contributed by atoms with Crippen molar-refractivity contribution in [2.75, 3.05) is 32.8 Å². The quantitative estimate of drug-likeness (QED) is 0.780. The van der Waals surface area contributed by atoms with Gasteiger partial charge in [-0.3, -0.25) is 9.69 Å². The van der Waals surface area contributed by atoms with Crippen LogP contribution in [0.15, 0.2) is 18.6 Å². The second kappa shape index (κ2) is 7.69. The molecule has 0 bridgehead atoms. The van der Waals surface area contributed by atoms with Crippen LogP contribution in [0.4, 0.5) is 0 Å². The molecule has 3 rings (SSSR count). The molecule has 1 aliphatic heterocycles. The average molecular weight is 361 g/mol. The summed E-state index contributed by atoms with van der Waals surface area (Å²) in [4.78, 5) is 21.2. The molecule has 1 amide bonds. The van der Waals surface area contributed by atoms with Crippen molar-refractivity contribution in [3.05, 3.63) is 29.7 Å². The molecule has 2 N–H and O–H groups in total. The van der Waals surface area contributed by atoms with Crippen molar-refractivity contribution in [2.45, 2.75) is 38.8 Å². The van der Waals surface area contributed by atoms with E-state index in [0.29, 0.717) is 30.6 Å². The van der Waals surface area contributed by atoms with Crippen molar-refractivity contribution in [1.82, 2.24) is 24.4 Å². The van der Waals surface area contributed by atoms with Crippen molar-refractivity contribution in [2.24, 2.45) is 0 Å². The number of nitrogens with zero attached hydrogens (tertiary/aromatic N) is 5. The molecule has 2 aromatic rings. The fourth-order valence-electron chi connectivity index (χ4n) is 3.44. The molecule has 0 spiro atoms. The van der Waals surface area contributed by atoms with Crippen LogP contribution in [0.2, 0.25) is 0 Å². The minimum atomic E-state index is -1.22. The largest absolute Gasteiger partial charge is 0.393 e. The van der Waals surface area contributed by atoms with Crippen LogP contribution in [0.3, 0.4) is 0 Å². The fourth-order valence-corrected chi connectivity index (χ4v) is 3.44. The summed E-state index contributed by atoms with van der Waals surface area (Å²) >= 11 is 0. The minimum absolute atomic E-state index is 0.125. The van der Waals surface area contributed by atoms with Crippen molar-refractivity contribution < 1.29 is 15.0 Å². The standard InChI is InChI=1S/C18H27N5O3/c1-3-21(4-2)10-14-8-19-16-15(9-20-23(16)11-14)17(25)22-7-5-6-18(26,12-22)13-24/h8-9,11,24,26H,3-7,10,12-13H2,1-2H3/t18-/m0/s1. The number of hydrogen-bond acceptors (Lipinski definition) is 6. The predicted molar refractivity (Wildman–Crippen MR) is 96.8 cm³/mol. The molecule has 0 unspecified atom stereocenters. The van der Waals surface area contributed by atoms with Crippen LogP contribution in [0.5, 0.6) is 0 Å². The molecule has 1 atom stereocenters.